The van der Waals surface area contributed by atoms with Crippen LogP contribution in [0.2, 0.25) is 5.02 Å². The summed E-state index contributed by atoms with van der Waals surface area (Å²) in [4.78, 5) is 11.2. The molecule has 0 spiro atoms. The average Bonchev–Trinajstić information content (AvgIpc) is 3.20. The van der Waals surface area contributed by atoms with Gasteiger partial charge in [0.2, 0.25) is 11.7 Å². The molecular formula is C20H29ClN6O2. The zero-order valence-electron chi connectivity index (χ0n) is 17.2. The van der Waals surface area contributed by atoms with E-state index in [9.17, 15) is 0 Å². The highest BCUT2D eigenvalue weighted by atomic mass is 35.5. The SMILES string of the molecule is CN=C(NCc1nc(-c2cccc(Cl)c2)no1)NCC(C(C)C)N1CCOCC1. The Morgan fingerprint density at radius 1 is 1.28 bits per heavy atom. The van der Waals surface area contributed by atoms with Crippen LogP contribution in [-0.4, -0.2) is 66.9 Å². The summed E-state index contributed by atoms with van der Waals surface area (Å²) in [5.74, 6) is 2.22. The minimum Gasteiger partial charge on any atom is -0.379 e. The van der Waals surface area contributed by atoms with E-state index in [4.69, 9.17) is 20.9 Å². The van der Waals surface area contributed by atoms with Crippen LogP contribution in [0.15, 0.2) is 33.8 Å². The number of nitrogens with zero attached hydrogens (tertiary/aromatic N) is 4. The Labute approximate surface area is 176 Å². The Balaban J connectivity index is 1.52. The molecule has 2 aromatic rings. The first kappa shape index (κ1) is 21.5. The summed E-state index contributed by atoms with van der Waals surface area (Å²) in [7, 11) is 1.75. The lowest BCUT2D eigenvalue weighted by molar-refractivity contribution is 0.00752. The predicted molar refractivity (Wildman–Crippen MR) is 114 cm³/mol. The first-order valence-electron chi connectivity index (χ1n) is 9.91. The number of halogens is 1. The maximum Gasteiger partial charge on any atom is 0.246 e. The lowest BCUT2D eigenvalue weighted by Gasteiger charge is -2.37. The Morgan fingerprint density at radius 2 is 2.07 bits per heavy atom. The van der Waals surface area contributed by atoms with Crippen molar-refractivity contribution in [2.45, 2.75) is 26.4 Å². The van der Waals surface area contributed by atoms with E-state index in [1.807, 2.05) is 24.3 Å². The topological polar surface area (TPSA) is 87.8 Å². The van der Waals surface area contributed by atoms with Gasteiger partial charge in [-0.15, -0.1) is 0 Å². The number of morpholine rings is 1. The molecule has 1 atom stereocenters. The van der Waals surface area contributed by atoms with Crippen LogP contribution in [0.1, 0.15) is 19.7 Å². The van der Waals surface area contributed by atoms with E-state index in [0.29, 0.717) is 41.2 Å². The molecule has 1 aliphatic rings. The van der Waals surface area contributed by atoms with E-state index in [1.165, 1.54) is 0 Å². The molecule has 1 aliphatic heterocycles. The summed E-state index contributed by atoms with van der Waals surface area (Å²) in [5.41, 5.74) is 0.820. The third kappa shape index (κ3) is 6.16. The molecule has 0 aliphatic carbocycles. The summed E-state index contributed by atoms with van der Waals surface area (Å²) in [6, 6.07) is 7.78. The highest BCUT2D eigenvalue weighted by molar-refractivity contribution is 6.30. The number of hydrogen-bond acceptors (Lipinski definition) is 6. The summed E-state index contributed by atoms with van der Waals surface area (Å²) < 4.78 is 10.8. The molecule has 0 saturated carbocycles. The molecule has 1 aromatic carbocycles. The summed E-state index contributed by atoms with van der Waals surface area (Å²) in [6.07, 6.45) is 0. The fourth-order valence-electron chi connectivity index (χ4n) is 3.35. The molecule has 0 amide bonds. The van der Waals surface area contributed by atoms with Crippen molar-refractivity contribution in [1.29, 1.82) is 0 Å². The number of guanidine groups is 1. The largest absolute Gasteiger partial charge is 0.379 e. The summed E-state index contributed by atoms with van der Waals surface area (Å²) in [5, 5.41) is 11.3. The van der Waals surface area contributed by atoms with Crippen molar-refractivity contribution in [2.24, 2.45) is 10.9 Å². The maximum atomic E-state index is 6.03. The van der Waals surface area contributed by atoms with E-state index in [2.05, 4.69) is 44.5 Å². The van der Waals surface area contributed by atoms with E-state index < -0.39 is 0 Å². The first-order chi connectivity index (χ1) is 14.1. The molecule has 0 radical (unpaired) electrons. The molecule has 1 fully saturated rings. The van der Waals surface area contributed by atoms with Crippen LogP contribution in [-0.2, 0) is 11.3 Å². The molecule has 9 heteroatoms. The van der Waals surface area contributed by atoms with E-state index in [-0.39, 0.29) is 0 Å². The van der Waals surface area contributed by atoms with Crippen molar-refractivity contribution in [3.05, 3.63) is 35.2 Å². The second kappa shape index (κ2) is 10.6. The maximum absolute atomic E-state index is 6.03. The number of nitrogens with one attached hydrogen (secondary N) is 2. The van der Waals surface area contributed by atoms with Gasteiger partial charge >= 0.3 is 0 Å². The lowest BCUT2D eigenvalue weighted by Crippen LogP contribution is -2.52. The summed E-state index contributed by atoms with van der Waals surface area (Å²) in [6.45, 7) is 9.19. The van der Waals surface area contributed by atoms with Gasteiger partial charge in [0.15, 0.2) is 5.96 Å². The minimum atomic E-state index is 0.386. The van der Waals surface area contributed by atoms with Gasteiger partial charge in [-0.1, -0.05) is 42.7 Å². The van der Waals surface area contributed by atoms with Crippen LogP contribution in [0, 0.1) is 5.92 Å². The highest BCUT2D eigenvalue weighted by Gasteiger charge is 2.24. The smallest absolute Gasteiger partial charge is 0.246 e. The monoisotopic (exact) mass is 420 g/mol. The standard InChI is InChI=1S/C20H29ClN6O2/c1-14(2)17(27-7-9-28-10-8-27)12-23-20(22-3)24-13-18-25-19(26-29-18)15-5-4-6-16(21)11-15/h4-6,11,14,17H,7-10,12-13H2,1-3H3,(H2,22,23,24). The van der Waals surface area contributed by atoms with Crippen LogP contribution in [0.3, 0.4) is 0 Å². The average molecular weight is 421 g/mol. The van der Waals surface area contributed by atoms with Crippen LogP contribution in [0.5, 0.6) is 0 Å². The van der Waals surface area contributed by atoms with Gasteiger partial charge in [0, 0.05) is 43.3 Å². The molecule has 0 bridgehead atoms. The van der Waals surface area contributed by atoms with Crippen LogP contribution in [0.4, 0.5) is 0 Å². The normalized spacial score (nSPS) is 16.8. The van der Waals surface area contributed by atoms with Crippen molar-refractivity contribution in [1.82, 2.24) is 25.7 Å². The molecule has 29 heavy (non-hydrogen) atoms. The van der Waals surface area contributed by atoms with E-state index in [0.717, 1.165) is 38.4 Å². The Kier molecular flexibility index (Phi) is 7.85. The van der Waals surface area contributed by atoms with Gasteiger partial charge in [-0.25, -0.2) is 0 Å². The highest BCUT2D eigenvalue weighted by Crippen LogP contribution is 2.19. The van der Waals surface area contributed by atoms with Gasteiger partial charge < -0.3 is 19.9 Å². The van der Waals surface area contributed by atoms with Crippen molar-refractivity contribution >= 4 is 17.6 Å². The lowest BCUT2D eigenvalue weighted by atomic mass is 10.0. The third-order valence-electron chi connectivity index (χ3n) is 4.94. The van der Waals surface area contributed by atoms with E-state index >= 15 is 0 Å². The molecule has 1 saturated heterocycles. The van der Waals surface area contributed by atoms with Crippen molar-refractivity contribution in [2.75, 3.05) is 39.9 Å². The molecule has 158 valence electrons. The number of rotatable bonds is 7. The molecule has 3 rings (SSSR count). The molecule has 2 N–H and O–H groups in total. The molecule has 8 nitrogen and oxygen atoms in total. The van der Waals surface area contributed by atoms with Gasteiger partial charge in [-0.2, -0.15) is 4.98 Å². The van der Waals surface area contributed by atoms with Crippen molar-refractivity contribution in [3.63, 3.8) is 0 Å². The molecule has 1 unspecified atom stereocenters. The zero-order valence-corrected chi connectivity index (χ0v) is 17.9. The second-order valence-electron chi connectivity index (χ2n) is 7.29. The third-order valence-corrected chi connectivity index (χ3v) is 5.18. The Hall–Kier alpha value is -2.16. The van der Waals surface area contributed by atoms with Gasteiger partial charge in [0.1, 0.15) is 0 Å². The van der Waals surface area contributed by atoms with Gasteiger partial charge in [-0.05, 0) is 18.1 Å². The first-order valence-corrected chi connectivity index (χ1v) is 10.3. The number of benzene rings is 1. The predicted octanol–water partition coefficient (Wildman–Crippen LogP) is 2.41. The van der Waals surface area contributed by atoms with Gasteiger partial charge in [0.25, 0.3) is 0 Å². The number of aliphatic imine (C=N–C) groups is 1. The number of hydrogen-bond donors (Lipinski definition) is 2. The second-order valence-corrected chi connectivity index (χ2v) is 7.72. The summed E-state index contributed by atoms with van der Waals surface area (Å²) >= 11 is 6.03. The van der Waals surface area contributed by atoms with Gasteiger partial charge in [0.05, 0.1) is 19.8 Å². The Bertz CT molecular complexity index is 804. The van der Waals surface area contributed by atoms with Gasteiger partial charge in [-0.3, -0.25) is 9.89 Å². The van der Waals surface area contributed by atoms with Crippen molar-refractivity contribution < 1.29 is 9.26 Å². The van der Waals surface area contributed by atoms with Crippen LogP contribution in [0.25, 0.3) is 11.4 Å². The molecule has 1 aromatic heterocycles. The van der Waals surface area contributed by atoms with Crippen LogP contribution >= 0.6 is 11.6 Å². The zero-order chi connectivity index (χ0) is 20.6. The fraction of sp³-hybridized carbons (Fsp3) is 0.550. The minimum absolute atomic E-state index is 0.386. The van der Waals surface area contributed by atoms with Crippen molar-refractivity contribution in [3.8, 4) is 11.4 Å². The molecular weight excluding hydrogens is 392 g/mol. The van der Waals surface area contributed by atoms with Crippen LogP contribution < -0.4 is 10.6 Å². The number of aromatic nitrogens is 2. The Morgan fingerprint density at radius 3 is 2.76 bits per heavy atom. The number of ether oxygens (including phenoxy) is 1. The fourth-order valence-corrected chi connectivity index (χ4v) is 3.54. The molecule has 2 heterocycles. The van der Waals surface area contributed by atoms with E-state index in [1.54, 1.807) is 7.05 Å². The quantitative estimate of drug-likeness (QED) is 0.525.